The highest BCUT2D eigenvalue weighted by Crippen LogP contribution is 2.23. The summed E-state index contributed by atoms with van der Waals surface area (Å²) in [6.45, 7) is 3.50. The Morgan fingerprint density at radius 2 is 1.85 bits per heavy atom. The number of hydrogen-bond acceptors (Lipinski definition) is 5. The van der Waals surface area contributed by atoms with Gasteiger partial charge in [-0.25, -0.2) is 12.7 Å². The molecule has 26 heavy (non-hydrogen) atoms. The summed E-state index contributed by atoms with van der Waals surface area (Å²) in [7, 11) is -3.17. The van der Waals surface area contributed by atoms with Gasteiger partial charge < -0.3 is 15.4 Å². The smallest absolute Gasteiger partial charge is 0.313 e. The molecule has 0 spiro atoms. The monoisotopic (exact) mass is 383 g/mol. The predicted octanol–water partition coefficient (Wildman–Crippen LogP) is 0.812. The molecule has 0 atom stereocenters. The Kier molecular flexibility index (Phi) is 6.98. The van der Waals surface area contributed by atoms with Crippen molar-refractivity contribution in [1.82, 2.24) is 9.62 Å². The van der Waals surface area contributed by atoms with Crippen LogP contribution >= 0.6 is 0 Å². The lowest BCUT2D eigenvalue weighted by molar-refractivity contribution is -0.136. The molecule has 144 valence electrons. The van der Waals surface area contributed by atoms with Gasteiger partial charge in [-0.3, -0.25) is 9.59 Å². The summed E-state index contributed by atoms with van der Waals surface area (Å²) in [6, 6.07) is 6.90. The second-order valence-corrected chi connectivity index (χ2v) is 8.18. The molecule has 2 N–H and O–H groups in total. The third kappa shape index (κ3) is 5.70. The van der Waals surface area contributed by atoms with Crippen molar-refractivity contribution in [2.24, 2.45) is 5.92 Å². The maximum absolute atomic E-state index is 12.1. The molecule has 0 unspecified atom stereocenters. The summed E-state index contributed by atoms with van der Waals surface area (Å²) in [5.41, 5.74) is 0.441. The first-order chi connectivity index (χ1) is 12.3. The maximum Gasteiger partial charge on any atom is 0.313 e. The van der Waals surface area contributed by atoms with Crippen molar-refractivity contribution in [3.05, 3.63) is 24.3 Å². The molecule has 1 aromatic rings. The van der Waals surface area contributed by atoms with Gasteiger partial charge in [-0.05, 0) is 37.8 Å². The first-order valence-electron chi connectivity index (χ1n) is 8.57. The Hall–Kier alpha value is -2.13. The van der Waals surface area contributed by atoms with E-state index in [0.29, 0.717) is 50.5 Å². The predicted molar refractivity (Wildman–Crippen MR) is 98.4 cm³/mol. The average Bonchev–Trinajstić information content (AvgIpc) is 2.61. The molecule has 1 heterocycles. The largest absolute Gasteiger partial charge is 0.492 e. The second-order valence-electron chi connectivity index (χ2n) is 6.20. The summed E-state index contributed by atoms with van der Waals surface area (Å²) >= 11 is 0. The molecule has 1 fully saturated rings. The van der Waals surface area contributed by atoms with E-state index in [0.717, 1.165) is 0 Å². The number of ether oxygens (including phenoxy) is 1. The number of amides is 2. The number of hydrogen-bond donors (Lipinski definition) is 2. The zero-order valence-electron chi connectivity index (χ0n) is 15.0. The molecule has 1 aliphatic rings. The van der Waals surface area contributed by atoms with Crippen molar-refractivity contribution < 1.29 is 22.7 Å². The van der Waals surface area contributed by atoms with Crippen molar-refractivity contribution in [2.45, 2.75) is 19.8 Å². The molecule has 0 radical (unpaired) electrons. The summed E-state index contributed by atoms with van der Waals surface area (Å²) in [5, 5.41) is 5.16. The molecule has 2 amide bonds. The highest BCUT2D eigenvalue weighted by molar-refractivity contribution is 7.88. The molecule has 0 bridgehead atoms. The minimum atomic E-state index is -3.17. The minimum Gasteiger partial charge on any atom is -0.492 e. The lowest BCUT2D eigenvalue weighted by Crippen LogP contribution is -2.43. The number of anilines is 1. The summed E-state index contributed by atoms with van der Waals surface area (Å²) in [6.07, 6.45) is 2.50. The van der Waals surface area contributed by atoms with Crippen molar-refractivity contribution in [2.75, 3.05) is 37.8 Å². The normalized spacial score (nSPS) is 16.1. The summed E-state index contributed by atoms with van der Waals surface area (Å²) in [4.78, 5) is 24.1. The van der Waals surface area contributed by atoms with Crippen molar-refractivity contribution in [1.29, 1.82) is 0 Å². The van der Waals surface area contributed by atoms with Gasteiger partial charge >= 0.3 is 11.8 Å². The summed E-state index contributed by atoms with van der Waals surface area (Å²) < 4.78 is 29.8. The molecule has 0 aromatic heterocycles. The van der Waals surface area contributed by atoms with Crippen LogP contribution in [0.5, 0.6) is 5.75 Å². The third-order valence-corrected chi connectivity index (χ3v) is 5.54. The topological polar surface area (TPSA) is 105 Å². The van der Waals surface area contributed by atoms with E-state index in [2.05, 4.69) is 10.6 Å². The Balaban J connectivity index is 1.81. The molecule has 9 heteroatoms. The number of nitrogens with one attached hydrogen (secondary N) is 2. The number of benzene rings is 1. The van der Waals surface area contributed by atoms with Gasteiger partial charge in [-0.1, -0.05) is 12.1 Å². The molecule has 2 rings (SSSR count). The van der Waals surface area contributed by atoms with Crippen LogP contribution in [0, 0.1) is 5.92 Å². The number of carbonyl (C=O) groups excluding carboxylic acids is 2. The molecular weight excluding hydrogens is 358 g/mol. The van der Waals surface area contributed by atoms with Gasteiger partial charge in [0.25, 0.3) is 0 Å². The molecule has 1 aliphatic heterocycles. The highest BCUT2D eigenvalue weighted by atomic mass is 32.2. The van der Waals surface area contributed by atoms with E-state index >= 15 is 0 Å². The van der Waals surface area contributed by atoms with Gasteiger partial charge in [0.15, 0.2) is 0 Å². The zero-order chi connectivity index (χ0) is 19.2. The Labute approximate surface area is 153 Å². The molecule has 0 aliphatic carbocycles. The summed E-state index contributed by atoms with van der Waals surface area (Å²) in [5.74, 6) is -0.822. The van der Waals surface area contributed by atoms with Crippen LogP contribution in [0.3, 0.4) is 0 Å². The number of para-hydroxylation sites is 2. The highest BCUT2D eigenvalue weighted by Gasteiger charge is 2.25. The van der Waals surface area contributed by atoms with Crippen LogP contribution in [0.1, 0.15) is 19.8 Å². The SMILES string of the molecule is CCOc1ccccc1NC(=O)C(=O)NCC1CCN(S(C)(=O)=O)CC1. The standard InChI is InChI=1S/C17H25N3O5S/c1-3-25-15-7-5-4-6-14(15)19-17(22)16(21)18-12-13-8-10-20(11-9-13)26(2,23)24/h4-7,13H,3,8-12H2,1-2H3,(H,18,21)(H,19,22). The molecule has 0 saturated carbocycles. The fraction of sp³-hybridized carbons (Fsp3) is 0.529. The van der Waals surface area contributed by atoms with Crippen LogP contribution in [-0.4, -0.2) is 57.0 Å². The van der Waals surface area contributed by atoms with Crippen molar-refractivity contribution >= 4 is 27.5 Å². The number of rotatable bonds is 6. The quantitative estimate of drug-likeness (QED) is 0.708. The van der Waals surface area contributed by atoms with Crippen molar-refractivity contribution in [3.8, 4) is 5.75 Å². The van der Waals surface area contributed by atoms with Crippen LogP contribution < -0.4 is 15.4 Å². The van der Waals surface area contributed by atoms with Gasteiger partial charge in [0.05, 0.1) is 18.6 Å². The van der Waals surface area contributed by atoms with E-state index in [-0.39, 0.29) is 5.92 Å². The van der Waals surface area contributed by atoms with Gasteiger partial charge in [0.1, 0.15) is 5.75 Å². The Morgan fingerprint density at radius 1 is 1.19 bits per heavy atom. The maximum atomic E-state index is 12.1. The molecule has 1 aromatic carbocycles. The van der Waals surface area contributed by atoms with E-state index in [1.165, 1.54) is 10.6 Å². The fourth-order valence-corrected chi connectivity index (χ4v) is 3.67. The first-order valence-corrected chi connectivity index (χ1v) is 10.4. The van der Waals surface area contributed by atoms with Crippen LogP contribution in [0.25, 0.3) is 0 Å². The Bertz CT molecular complexity index is 743. The van der Waals surface area contributed by atoms with E-state index in [4.69, 9.17) is 4.74 Å². The molecular formula is C17H25N3O5S. The van der Waals surface area contributed by atoms with E-state index in [1.54, 1.807) is 24.3 Å². The van der Waals surface area contributed by atoms with Gasteiger partial charge in [0, 0.05) is 19.6 Å². The van der Waals surface area contributed by atoms with Crippen LogP contribution in [0.4, 0.5) is 5.69 Å². The van der Waals surface area contributed by atoms with Gasteiger partial charge in [0.2, 0.25) is 10.0 Å². The molecule has 1 saturated heterocycles. The van der Waals surface area contributed by atoms with E-state index in [9.17, 15) is 18.0 Å². The van der Waals surface area contributed by atoms with E-state index in [1.807, 2.05) is 6.92 Å². The lowest BCUT2D eigenvalue weighted by atomic mass is 9.98. The van der Waals surface area contributed by atoms with Crippen LogP contribution in [-0.2, 0) is 19.6 Å². The van der Waals surface area contributed by atoms with E-state index < -0.39 is 21.8 Å². The molecule has 8 nitrogen and oxygen atoms in total. The third-order valence-electron chi connectivity index (χ3n) is 4.24. The number of carbonyl (C=O) groups is 2. The van der Waals surface area contributed by atoms with Crippen molar-refractivity contribution in [3.63, 3.8) is 0 Å². The average molecular weight is 383 g/mol. The van der Waals surface area contributed by atoms with Gasteiger partial charge in [-0.2, -0.15) is 0 Å². The first kappa shape index (κ1) is 20.2. The van der Waals surface area contributed by atoms with Crippen LogP contribution in [0.15, 0.2) is 24.3 Å². The van der Waals surface area contributed by atoms with Crippen LogP contribution in [0.2, 0.25) is 0 Å². The number of nitrogens with zero attached hydrogens (tertiary/aromatic N) is 1. The Morgan fingerprint density at radius 3 is 2.46 bits per heavy atom. The zero-order valence-corrected chi connectivity index (χ0v) is 15.8. The lowest BCUT2D eigenvalue weighted by Gasteiger charge is -2.30. The number of sulfonamides is 1. The van der Waals surface area contributed by atoms with Gasteiger partial charge in [-0.15, -0.1) is 0 Å². The fourth-order valence-electron chi connectivity index (χ4n) is 2.79. The number of piperidine rings is 1. The minimum absolute atomic E-state index is 0.153. The second kappa shape index (κ2) is 9.00.